The minimum absolute atomic E-state index is 0.148. The first-order chi connectivity index (χ1) is 11.2. The van der Waals surface area contributed by atoms with Crippen LogP contribution in [0.1, 0.15) is 45.7 Å². The van der Waals surface area contributed by atoms with Crippen LogP contribution in [-0.4, -0.2) is 46.3 Å². The molecule has 24 heavy (non-hydrogen) atoms. The minimum Gasteiger partial charge on any atom is -0.477 e. The van der Waals surface area contributed by atoms with Crippen molar-refractivity contribution in [3.8, 4) is 5.88 Å². The fourth-order valence-corrected chi connectivity index (χ4v) is 2.36. The van der Waals surface area contributed by atoms with Crippen molar-refractivity contribution in [2.75, 3.05) is 19.7 Å². The molecular formula is C16H23F2N3O3. The number of nitrogens with zero attached hydrogens (tertiary/aromatic N) is 3. The van der Waals surface area contributed by atoms with Crippen LogP contribution in [0.3, 0.4) is 0 Å². The molecule has 0 aliphatic carbocycles. The fraction of sp³-hybridized carbons (Fsp3) is 0.688. The van der Waals surface area contributed by atoms with Gasteiger partial charge < -0.3 is 14.4 Å². The molecule has 1 fully saturated rings. The minimum atomic E-state index is -2.65. The van der Waals surface area contributed by atoms with E-state index in [4.69, 9.17) is 9.47 Å². The van der Waals surface area contributed by atoms with Crippen molar-refractivity contribution >= 4 is 6.09 Å². The van der Waals surface area contributed by atoms with E-state index in [-0.39, 0.29) is 23.6 Å². The van der Waals surface area contributed by atoms with E-state index in [1.807, 2.05) is 20.8 Å². The number of piperidine rings is 1. The highest BCUT2D eigenvalue weighted by atomic mass is 19.3. The lowest BCUT2D eigenvalue weighted by Gasteiger charge is -2.33. The summed E-state index contributed by atoms with van der Waals surface area (Å²) in [4.78, 5) is 21.0. The quantitative estimate of drug-likeness (QED) is 0.838. The van der Waals surface area contributed by atoms with Crippen molar-refractivity contribution in [3.63, 3.8) is 0 Å². The lowest BCUT2D eigenvalue weighted by Crippen LogP contribution is -2.42. The van der Waals surface area contributed by atoms with Gasteiger partial charge in [0, 0.05) is 19.2 Å². The number of hydrogen-bond donors (Lipinski definition) is 0. The van der Waals surface area contributed by atoms with E-state index >= 15 is 0 Å². The molecule has 2 rings (SSSR count). The Bertz CT molecular complexity index is 556. The van der Waals surface area contributed by atoms with Gasteiger partial charge >= 0.3 is 6.09 Å². The van der Waals surface area contributed by atoms with Gasteiger partial charge in [-0.2, -0.15) is 0 Å². The zero-order chi connectivity index (χ0) is 17.7. The zero-order valence-corrected chi connectivity index (χ0v) is 14.2. The molecule has 1 amide bonds. The van der Waals surface area contributed by atoms with Crippen LogP contribution in [0.2, 0.25) is 0 Å². The second kappa shape index (κ2) is 7.72. The predicted molar refractivity (Wildman–Crippen MR) is 83.0 cm³/mol. The van der Waals surface area contributed by atoms with Crippen molar-refractivity contribution in [1.82, 2.24) is 14.9 Å². The summed E-state index contributed by atoms with van der Waals surface area (Å²) in [5.74, 6) is 0.392. The number of aromatic nitrogens is 2. The van der Waals surface area contributed by atoms with Crippen LogP contribution in [0.25, 0.3) is 0 Å². The van der Waals surface area contributed by atoms with Gasteiger partial charge in [-0.15, -0.1) is 0 Å². The Hall–Kier alpha value is -1.99. The third kappa shape index (κ3) is 5.58. The number of alkyl halides is 2. The molecule has 1 aliphatic heterocycles. The number of ether oxygens (including phenoxy) is 2. The number of carbonyl (C=O) groups excluding carboxylic acids is 1. The van der Waals surface area contributed by atoms with Crippen molar-refractivity contribution in [1.29, 1.82) is 0 Å². The summed E-state index contributed by atoms with van der Waals surface area (Å²) in [7, 11) is 0. The van der Waals surface area contributed by atoms with E-state index in [1.54, 1.807) is 4.90 Å². The first-order valence-corrected chi connectivity index (χ1v) is 7.95. The van der Waals surface area contributed by atoms with Crippen LogP contribution >= 0.6 is 0 Å². The zero-order valence-electron chi connectivity index (χ0n) is 14.2. The molecule has 0 radical (unpaired) electrons. The Morgan fingerprint density at radius 3 is 2.58 bits per heavy atom. The van der Waals surface area contributed by atoms with Crippen LogP contribution in [0.4, 0.5) is 13.6 Å². The topological polar surface area (TPSA) is 64.5 Å². The average molecular weight is 343 g/mol. The van der Waals surface area contributed by atoms with Crippen molar-refractivity contribution in [3.05, 3.63) is 18.1 Å². The molecule has 6 nitrogen and oxygen atoms in total. The van der Waals surface area contributed by atoms with Crippen molar-refractivity contribution < 1.29 is 23.0 Å². The standard InChI is InChI=1S/C16H23F2N3O3/c1-16(2,3)24-15(22)21-6-4-11(5-7-21)9-23-13-8-12(14(17)18)19-10-20-13/h8,10-11,14H,4-7,9H2,1-3H3. The monoisotopic (exact) mass is 343 g/mol. The number of amides is 1. The molecule has 8 heteroatoms. The SMILES string of the molecule is CC(C)(C)OC(=O)N1CCC(COc2cc(C(F)F)ncn2)CC1. The van der Waals surface area contributed by atoms with Gasteiger partial charge in [0.05, 0.1) is 6.61 Å². The molecule has 134 valence electrons. The normalized spacial score (nSPS) is 16.3. The van der Waals surface area contributed by atoms with Gasteiger partial charge in [-0.3, -0.25) is 0 Å². The summed E-state index contributed by atoms with van der Waals surface area (Å²) < 4.78 is 36.0. The molecule has 1 saturated heterocycles. The predicted octanol–water partition coefficient (Wildman–Crippen LogP) is 3.44. The van der Waals surface area contributed by atoms with E-state index in [0.29, 0.717) is 19.7 Å². The Morgan fingerprint density at radius 2 is 2.00 bits per heavy atom. The van der Waals surface area contributed by atoms with Crippen LogP contribution in [0, 0.1) is 5.92 Å². The summed E-state index contributed by atoms with van der Waals surface area (Å²) in [6.07, 6.45) is -0.341. The van der Waals surface area contributed by atoms with E-state index in [9.17, 15) is 13.6 Å². The molecule has 2 heterocycles. The number of rotatable bonds is 4. The van der Waals surface area contributed by atoms with Crippen LogP contribution in [-0.2, 0) is 4.74 Å². The molecule has 0 atom stereocenters. The lowest BCUT2D eigenvalue weighted by atomic mass is 9.98. The van der Waals surface area contributed by atoms with E-state index in [0.717, 1.165) is 25.2 Å². The van der Waals surface area contributed by atoms with Gasteiger partial charge in [0.15, 0.2) is 0 Å². The lowest BCUT2D eigenvalue weighted by molar-refractivity contribution is 0.0164. The van der Waals surface area contributed by atoms with E-state index in [1.165, 1.54) is 0 Å². The highest BCUT2D eigenvalue weighted by Gasteiger charge is 2.27. The fourth-order valence-electron chi connectivity index (χ4n) is 2.36. The van der Waals surface area contributed by atoms with Gasteiger partial charge in [-0.05, 0) is 39.5 Å². The summed E-state index contributed by atoms with van der Waals surface area (Å²) in [6, 6.07) is 1.15. The molecule has 1 aromatic heterocycles. The van der Waals surface area contributed by atoms with Crippen molar-refractivity contribution in [2.24, 2.45) is 5.92 Å². The molecule has 0 bridgehead atoms. The van der Waals surface area contributed by atoms with Gasteiger partial charge in [-0.1, -0.05) is 0 Å². The summed E-state index contributed by atoms with van der Waals surface area (Å²) in [5.41, 5.74) is -0.855. The van der Waals surface area contributed by atoms with E-state index < -0.39 is 12.0 Å². The average Bonchev–Trinajstić information content (AvgIpc) is 2.52. The molecule has 1 aliphatic rings. The van der Waals surface area contributed by atoms with E-state index in [2.05, 4.69) is 9.97 Å². The maximum Gasteiger partial charge on any atom is 0.410 e. The Morgan fingerprint density at radius 1 is 1.33 bits per heavy atom. The molecule has 0 aromatic carbocycles. The number of halogens is 2. The van der Waals surface area contributed by atoms with Crippen LogP contribution in [0.15, 0.2) is 12.4 Å². The maximum atomic E-state index is 12.6. The largest absolute Gasteiger partial charge is 0.477 e. The Kier molecular flexibility index (Phi) is 5.90. The maximum absolute atomic E-state index is 12.6. The molecule has 0 N–H and O–H groups in total. The summed E-state index contributed by atoms with van der Waals surface area (Å²) in [6.45, 7) is 7.06. The third-order valence-corrected chi connectivity index (χ3v) is 3.62. The molecule has 0 saturated carbocycles. The number of likely N-dealkylation sites (tertiary alicyclic amines) is 1. The molecular weight excluding hydrogens is 320 g/mol. The smallest absolute Gasteiger partial charge is 0.410 e. The second-order valence-electron chi connectivity index (χ2n) is 6.80. The molecule has 1 aromatic rings. The van der Waals surface area contributed by atoms with Gasteiger partial charge in [0.25, 0.3) is 6.43 Å². The summed E-state index contributed by atoms with van der Waals surface area (Å²) in [5, 5.41) is 0. The highest BCUT2D eigenvalue weighted by molar-refractivity contribution is 5.68. The Balaban J connectivity index is 1.77. The van der Waals surface area contributed by atoms with Crippen molar-refractivity contribution in [2.45, 2.75) is 45.6 Å². The second-order valence-corrected chi connectivity index (χ2v) is 6.80. The number of hydrogen-bond acceptors (Lipinski definition) is 5. The van der Waals surface area contributed by atoms with Crippen LogP contribution < -0.4 is 4.74 Å². The van der Waals surface area contributed by atoms with Gasteiger partial charge in [0.2, 0.25) is 5.88 Å². The first-order valence-electron chi connectivity index (χ1n) is 7.95. The molecule has 0 unspecified atom stereocenters. The van der Waals surface area contributed by atoms with Crippen LogP contribution in [0.5, 0.6) is 5.88 Å². The summed E-state index contributed by atoms with van der Waals surface area (Å²) >= 11 is 0. The Labute approximate surface area is 140 Å². The third-order valence-electron chi connectivity index (χ3n) is 3.62. The highest BCUT2D eigenvalue weighted by Crippen LogP contribution is 2.22. The van der Waals surface area contributed by atoms with Gasteiger partial charge in [0.1, 0.15) is 17.6 Å². The number of carbonyl (C=O) groups is 1. The van der Waals surface area contributed by atoms with Gasteiger partial charge in [-0.25, -0.2) is 23.5 Å². The first kappa shape index (κ1) is 18.4. The molecule has 0 spiro atoms.